The van der Waals surface area contributed by atoms with Gasteiger partial charge in [-0.2, -0.15) is 36.5 Å². The van der Waals surface area contributed by atoms with Crippen molar-refractivity contribution in [1.82, 2.24) is 29.5 Å². The molecule has 2 aromatic carbocycles. The number of halogens is 11. The number of benzene rings is 2. The van der Waals surface area contributed by atoms with E-state index in [1.54, 1.807) is 18.3 Å². The third-order valence-electron chi connectivity index (χ3n) is 7.11. The van der Waals surface area contributed by atoms with Crippen LogP contribution in [-0.4, -0.2) is 39.9 Å². The molecule has 0 saturated carbocycles. The van der Waals surface area contributed by atoms with Crippen LogP contribution in [0.25, 0.3) is 11.3 Å². The standard InChI is InChI=1S/C17H12F5N3O.C12H8BrF2NO.C5H6F3N3O2/c1-25-14(7-15(24-25)17(20,21)22)10-5-6-16(23-8-10)26-9-11-12(18)3-2-4-13(11)19;13-8-4-5-12(16-6-8)17-7-9-10(14)2-1-3-11(9)15;1-10-4(11(12)13)2-3(9-10)5(6,7)8/h2-8H,9H2,1H3;1-6H,7H2;2,12-13H,1H3. The number of rotatable bonds is 8. The molecule has 22 heteroatoms. The molecule has 2 N–H and O–H groups in total. The van der Waals surface area contributed by atoms with Gasteiger partial charge in [-0.3, -0.25) is 15.1 Å². The molecule has 0 fully saturated rings. The molecule has 4 heterocycles. The predicted octanol–water partition coefficient (Wildman–Crippen LogP) is 9.08. The minimum absolute atomic E-state index is 0.0783. The van der Waals surface area contributed by atoms with Crippen LogP contribution in [0.15, 0.2) is 89.7 Å². The van der Waals surface area contributed by atoms with E-state index in [2.05, 4.69) is 36.1 Å². The Morgan fingerprint density at radius 2 is 1.09 bits per heavy atom. The molecule has 0 atom stereocenters. The molecule has 56 heavy (non-hydrogen) atoms. The molecular weight excluding hydrogens is 840 g/mol. The monoisotopic (exact) mass is 865 g/mol. The van der Waals surface area contributed by atoms with Crippen LogP contribution >= 0.6 is 15.9 Å². The molecule has 298 valence electrons. The summed E-state index contributed by atoms with van der Waals surface area (Å²) in [6, 6.07) is 14.8. The van der Waals surface area contributed by atoms with Gasteiger partial charge >= 0.3 is 12.4 Å². The fraction of sp³-hybridized carbons (Fsp3) is 0.176. The Morgan fingerprint density at radius 1 is 0.643 bits per heavy atom. The highest BCUT2D eigenvalue weighted by atomic mass is 79.9. The second-order valence-corrected chi connectivity index (χ2v) is 11.9. The van der Waals surface area contributed by atoms with Crippen molar-refractivity contribution < 1.29 is 63.8 Å². The van der Waals surface area contributed by atoms with E-state index < -0.39 is 58.1 Å². The Bertz CT molecular complexity index is 2170. The van der Waals surface area contributed by atoms with Gasteiger partial charge in [0.25, 0.3) is 0 Å². The molecule has 0 aliphatic heterocycles. The second-order valence-electron chi connectivity index (χ2n) is 11.0. The third-order valence-corrected chi connectivity index (χ3v) is 7.57. The fourth-order valence-electron chi connectivity index (χ4n) is 4.36. The molecule has 0 radical (unpaired) electrons. The number of alkyl halides is 6. The van der Waals surface area contributed by atoms with Crippen molar-refractivity contribution in [3.8, 4) is 23.0 Å². The summed E-state index contributed by atoms with van der Waals surface area (Å²) in [6.45, 7) is -0.554. The van der Waals surface area contributed by atoms with E-state index in [1.807, 2.05) is 0 Å². The zero-order valence-electron chi connectivity index (χ0n) is 28.5. The van der Waals surface area contributed by atoms with E-state index in [-0.39, 0.29) is 35.9 Å². The number of aryl methyl sites for hydroxylation is 2. The Hall–Kier alpha value is -5.74. The zero-order chi connectivity index (χ0) is 41.4. The van der Waals surface area contributed by atoms with Gasteiger partial charge in [0.2, 0.25) is 11.8 Å². The van der Waals surface area contributed by atoms with Crippen LogP contribution < -0.4 is 14.7 Å². The first-order chi connectivity index (χ1) is 26.2. The van der Waals surface area contributed by atoms with Crippen LogP contribution in [-0.2, 0) is 39.7 Å². The van der Waals surface area contributed by atoms with Gasteiger partial charge in [-0.1, -0.05) is 12.1 Å². The maximum absolute atomic E-state index is 13.5. The number of anilines is 1. The summed E-state index contributed by atoms with van der Waals surface area (Å²) < 4.78 is 141. The molecule has 4 aromatic heterocycles. The lowest BCUT2D eigenvalue weighted by atomic mass is 10.2. The molecule has 0 saturated heterocycles. The first kappa shape index (κ1) is 43.0. The van der Waals surface area contributed by atoms with Gasteiger partial charge in [0, 0.05) is 54.7 Å². The van der Waals surface area contributed by atoms with Gasteiger partial charge in [-0.25, -0.2) is 32.2 Å². The summed E-state index contributed by atoms with van der Waals surface area (Å²) in [5, 5.41) is 22.9. The number of nitrogens with zero attached hydrogens (tertiary/aromatic N) is 7. The van der Waals surface area contributed by atoms with Gasteiger partial charge in [0.05, 0.1) is 16.8 Å². The largest absolute Gasteiger partial charge is 0.473 e. The first-order valence-electron chi connectivity index (χ1n) is 15.3. The maximum Gasteiger partial charge on any atom is 0.435 e. The molecule has 0 aliphatic carbocycles. The number of aromatic nitrogens is 6. The van der Waals surface area contributed by atoms with Crippen LogP contribution in [0.4, 0.5) is 49.7 Å². The van der Waals surface area contributed by atoms with E-state index in [0.29, 0.717) is 22.2 Å². The van der Waals surface area contributed by atoms with Crippen molar-refractivity contribution in [3.05, 3.63) is 135 Å². The lowest BCUT2D eigenvalue weighted by Crippen LogP contribution is -2.14. The average molecular weight is 867 g/mol. The Morgan fingerprint density at radius 3 is 1.45 bits per heavy atom. The zero-order valence-corrected chi connectivity index (χ0v) is 30.1. The molecular formula is C34H26BrF10N7O4. The van der Waals surface area contributed by atoms with Crippen molar-refractivity contribution >= 4 is 21.7 Å². The molecule has 0 amide bonds. The summed E-state index contributed by atoms with van der Waals surface area (Å²) in [6.07, 6.45) is -6.29. The third kappa shape index (κ3) is 11.6. The Balaban J connectivity index is 0.000000200. The average Bonchev–Trinajstić information content (AvgIpc) is 3.73. The first-order valence-corrected chi connectivity index (χ1v) is 16.1. The fourth-order valence-corrected chi connectivity index (χ4v) is 4.59. The highest BCUT2D eigenvalue weighted by Gasteiger charge is 2.36. The Kier molecular flexibility index (Phi) is 14.0. The van der Waals surface area contributed by atoms with Crippen LogP contribution in [0.5, 0.6) is 11.8 Å². The molecule has 0 aliphatic rings. The van der Waals surface area contributed by atoms with Gasteiger partial charge in [0.1, 0.15) is 36.5 Å². The minimum atomic E-state index is -4.59. The smallest absolute Gasteiger partial charge is 0.435 e. The van der Waals surface area contributed by atoms with Gasteiger partial charge in [0.15, 0.2) is 17.2 Å². The van der Waals surface area contributed by atoms with E-state index >= 15 is 0 Å². The van der Waals surface area contributed by atoms with Gasteiger partial charge < -0.3 is 9.47 Å². The lowest BCUT2D eigenvalue weighted by Gasteiger charge is -2.08. The molecule has 11 nitrogen and oxygen atoms in total. The topological polar surface area (TPSA) is 124 Å². The number of hydrogen-bond donors (Lipinski definition) is 2. The summed E-state index contributed by atoms with van der Waals surface area (Å²) in [5.41, 5.74) is -1.92. The summed E-state index contributed by atoms with van der Waals surface area (Å²) in [4.78, 5) is 7.89. The number of hydrogen-bond acceptors (Lipinski definition) is 9. The van der Waals surface area contributed by atoms with E-state index in [4.69, 9.17) is 19.9 Å². The second kappa shape index (κ2) is 18.3. The van der Waals surface area contributed by atoms with Crippen molar-refractivity contribution in [2.45, 2.75) is 25.6 Å². The summed E-state index contributed by atoms with van der Waals surface area (Å²) >= 11 is 3.23. The maximum atomic E-state index is 13.5. The highest BCUT2D eigenvalue weighted by Crippen LogP contribution is 2.32. The predicted molar refractivity (Wildman–Crippen MR) is 179 cm³/mol. The Labute approximate surface area is 318 Å². The van der Waals surface area contributed by atoms with Crippen molar-refractivity contribution in [2.24, 2.45) is 14.1 Å². The minimum Gasteiger partial charge on any atom is -0.473 e. The van der Waals surface area contributed by atoms with Crippen LogP contribution in [0, 0.1) is 23.3 Å². The molecule has 6 aromatic rings. The van der Waals surface area contributed by atoms with Crippen LogP contribution in [0.3, 0.4) is 0 Å². The van der Waals surface area contributed by atoms with E-state index in [9.17, 15) is 43.9 Å². The van der Waals surface area contributed by atoms with Crippen molar-refractivity contribution in [3.63, 3.8) is 0 Å². The number of pyridine rings is 2. The van der Waals surface area contributed by atoms with Gasteiger partial charge in [-0.15, -0.1) is 5.23 Å². The van der Waals surface area contributed by atoms with E-state index in [0.717, 1.165) is 34.4 Å². The number of ether oxygens (including phenoxy) is 2. The summed E-state index contributed by atoms with van der Waals surface area (Å²) in [5.74, 6) is -2.80. The molecule has 6 rings (SSSR count). The molecule has 0 spiro atoms. The summed E-state index contributed by atoms with van der Waals surface area (Å²) in [7, 11) is 2.54. The van der Waals surface area contributed by atoms with Gasteiger partial charge in [-0.05, 0) is 58.4 Å². The van der Waals surface area contributed by atoms with Crippen molar-refractivity contribution in [2.75, 3.05) is 5.23 Å². The van der Waals surface area contributed by atoms with Crippen LogP contribution in [0.1, 0.15) is 22.5 Å². The molecule has 0 unspecified atom stereocenters. The molecule has 0 bridgehead atoms. The lowest BCUT2D eigenvalue weighted by molar-refractivity contribution is -0.142. The van der Waals surface area contributed by atoms with Crippen molar-refractivity contribution in [1.29, 1.82) is 0 Å². The normalized spacial score (nSPS) is 11.3. The highest BCUT2D eigenvalue weighted by molar-refractivity contribution is 9.10. The van der Waals surface area contributed by atoms with E-state index in [1.165, 1.54) is 49.6 Å². The SMILES string of the molecule is Cn1nc(C(F)(F)F)cc1-c1ccc(OCc2c(F)cccc2F)nc1.Cn1nc(C(F)(F)F)cc1N(O)O.Fc1cccc(F)c1COc1ccc(Br)cn1. The van der Waals surface area contributed by atoms with Crippen LogP contribution in [0.2, 0.25) is 0 Å². The quantitative estimate of drug-likeness (QED) is 0.114.